The van der Waals surface area contributed by atoms with Crippen LogP contribution in [-0.2, 0) is 0 Å². The topological polar surface area (TPSA) is 35.3 Å². The van der Waals surface area contributed by atoms with E-state index in [4.69, 9.17) is 9.15 Å². The minimum absolute atomic E-state index is 0.272. The molecule has 0 aliphatic carbocycles. The molecule has 1 aromatic heterocycles. The van der Waals surface area contributed by atoms with Gasteiger partial charge in [-0.05, 0) is 28.1 Å². The monoisotopic (exact) mass is 269 g/mol. The molecule has 2 aromatic rings. The molecule has 1 heterocycles. The van der Waals surface area contributed by atoms with Gasteiger partial charge >= 0.3 is 0 Å². The number of nitrogens with zero attached hydrogens (tertiary/aromatic N) is 1. The van der Waals surface area contributed by atoms with Crippen LogP contribution >= 0.6 is 15.9 Å². The smallest absolute Gasteiger partial charge is 0.198 e. The Balaban J connectivity index is 2.72. The Morgan fingerprint density at radius 2 is 2.13 bits per heavy atom. The van der Waals surface area contributed by atoms with Crippen LogP contribution in [0.25, 0.3) is 11.1 Å². The first-order chi connectivity index (χ1) is 7.13. The fraction of sp³-hybridized carbons (Fsp3) is 0.364. The maximum atomic E-state index is 5.66. The molecule has 0 fully saturated rings. The minimum Gasteiger partial charge on any atom is -0.494 e. The third-order valence-electron chi connectivity index (χ3n) is 2.19. The van der Waals surface area contributed by atoms with Gasteiger partial charge in [-0.15, -0.1) is 0 Å². The number of aromatic nitrogens is 1. The summed E-state index contributed by atoms with van der Waals surface area (Å²) >= 11 is 3.43. The molecular weight excluding hydrogens is 258 g/mol. The van der Waals surface area contributed by atoms with E-state index in [1.807, 2.05) is 26.0 Å². The molecule has 0 amide bonds. The number of rotatable bonds is 2. The van der Waals surface area contributed by atoms with Gasteiger partial charge in [-0.3, -0.25) is 0 Å². The highest BCUT2D eigenvalue weighted by Gasteiger charge is 2.15. The third kappa shape index (κ3) is 1.74. The third-order valence-corrected chi connectivity index (χ3v) is 2.81. The average molecular weight is 270 g/mol. The zero-order valence-corrected chi connectivity index (χ0v) is 10.5. The van der Waals surface area contributed by atoms with E-state index in [-0.39, 0.29) is 5.92 Å². The molecule has 15 heavy (non-hydrogen) atoms. The van der Waals surface area contributed by atoms with Gasteiger partial charge in [-0.1, -0.05) is 13.8 Å². The van der Waals surface area contributed by atoms with Gasteiger partial charge in [0.2, 0.25) is 0 Å². The average Bonchev–Trinajstić information content (AvgIpc) is 2.64. The van der Waals surface area contributed by atoms with Crippen molar-refractivity contribution in [3.8, 4) is 5.75 Å². The van der Waals surface area contributed by atoms with Gasteiger partial charge < -0.3 is 9.15 Å². The number of halogens is 1. The number of benzene rings is 1. The second-order valence-electron chi connectivity index (χ2n) is 3.63. The first kappa shape index (κ1) is 10.5. The molecule has 0 saturated carbocycles. The van der Waals surface area contributed by atoms with Gasteiger partial charge in [-0.2, -0.15) is 0 Å². The molecule has 0 aliphatic heterocycles. The van der Waals surface area contributed by atoms with E-state index < -0.39 is 0 Å². The van der Waals surface area contributed by atoms with Gasteiger partial charge in [0.25, 0.3) is 0 Å². The highest BCUT2D eigenvalue weighted by atomic mass is 79.9. The Morgan fingerprint density at radius 3 is 2.73 bits per heavy atom. The van der Waals surface area contributed by atoms with Crippen molar-refractivity contribution in [2.24, 2.45) is 0 Å². The molecule has 80 valence electrons. The lowest BCUT2D eigenvalue weighted by Crippen LogP contribution is -1.87. The Bertz CT molecular complexity index is 491. The molecule has 0 spiro atoms. The van der Waals surface area contributed by atoms with Crippen molar-refractivity contribution >= 4 is 27.0 Å². The van der Waals surface area contributed by atoms with E-state index in [1.165, 1.54) is 0 Å². The summed E-state index contributed by atoms with van der Waals surface area (Å²) < 4.78 is 11.8. The second kappa shape index (κ2) is 3.85. The quantitative estimate of drug-likeness (QED) is 0.834. The summed E-state index contributed by atoms with van der Waals surface area (Å²) in [7, 11) is 1.63. The Hall–Kier alpha value is -1.03. The first-order valence-electron chi connectivity index (χ1n) is 4.76. The van der Waals surface area contributed by atoms with Crippen LogP contribution in [0.1, 0.15) is 25.7 Å². The van der Waals surface area contributed by atoms with Crippen molar-refractivity contribution < 1.29 is 9.15 Å². The number of methoxy groups -OCH3 is 1. The van der Waals surface area contributed by atoms with E-state index in [2.05, 4.69) is 20.9 Å². The minimum atomic E-state index is 0.272. The largest absolute Gasteiger partial charge is 0.494 e. The SMILES string of the molecule is COc1ccc(Br)c2oc(C(C)C)nc12. The molecule has 4 heteroatoms. The van der Waals surface area contributed by atoms with Gasteiger partial charge in [-0.25, -0.2) is 4.98 Å². The number of oxazole rings is 1. The summed E-state index contributed by atoms with van der Waals surface area (Å²) in [5.41, 5.74) is 1.52. The van der Waals surface area contributed by atoms with Gasteiger partial charge in [0.1, 0.15) is 5.75 Å². The molecular formula is C11H12BrNO2. The molecule has 3 nitrogen and oxygen atoms in total. The van der Waals surface area contributed by atoms with Crippen LogP contribution < -0.4 is 4.74 Å². The van der Waals surface area contributed by atoms with E-state index >= 15 is 0 Å². The summed E-state index contributed by atoms with van der Waals surface area (Å²) in [5.74, 6) is 1.74. The summed E-state index contributed by atoms with van der Waals surface area (Å²) in [6.45, 7) is 4.09. The maximum Gasteiger partial charge on any atom is 0.198 e. The predicted octanol–water partition coefficient (Wildman–Crippen LogP) is 3.72. The van der Waals surface area contributed by atoms with Crippen LogP contribution in [0.3, 0.4) is 0 Å². The number of hydrogen-bond acceptors (Lipinski definition) is 3. The lowest BCUT2D eigenvalue weighted by molar-refractivity contribution is 0.419. The first-order valence-corrected chi connectivity index (χ1v) is 5.55. The predicted molar refractivity (Wildman–Crippen MR) is 62.4 cm³/mol. The second-order valence-corrected chi connectivity index (χ2v) is 4.49. The Kier molecular flexibility index (Phi) is 2.69. The molecule has 0 radical (unpaired) electrons. The fourth-order valence-electron chi connectivity index (χ4n) is 1.38. The lowest BCUT2D eigenvalue weighted by Gasteiger charge is -1.99. The fourth-order valence-corrected chi connectivity index (χ4v) is 1.78. The molecule has 0 bridgehead atoms. The van der Waals surface area contributed by atoms with Crippen LogP contribution in [-0.4, -0.2) is 12.1 Å². The highest BCUT2D eigenvalue weighted by Crippen LogP contribution is 2.33. The van der Waals surface area contributed by atoms with Crippen molar-refractivity contribution in [2.45, 2.75) is 19.8 Å². The number of hydrogen-bond donors (Lipinski definition) is 0. The van der Waals surface area contributed by atoms with E-state index in [1.54, 1.807) is 7.11 Å². The van der Waals surface area contributed by atoms with Crippen LogP contribution in [0, 0.1) is 0 Å². The van der Waals surface area contributed by atoms with Crippen molar-refractivity contribution in [2.75, 3.05) is 7.11 Å². The van der Waals surface area contributed by atoms with E-state index in [0.717, 1.165) is 27.2 Å². The van der Waals surface area contributed by atoms with Crippen molar-refractivity contribution in [1.29, 1.82) is 0 Å². The number of ether oxygens (including phenoxy) is 1. The summed E-state index contributed by atoms with van der Waals surface area (Å²) in [6, 6.07) is 3.77. The van der Waals surface area contributed by atoms with Crippen LogP contribution in [0.5, 0.6) is 5.75 Å². The molecule has 0 saturated heterocycles. The van der Waals surface area contributed by atoms with E-state index in [0.29, 0.717) is 0 Å². The molecule has 0 N–H and O–H groups in total. The van der Waals surface area contributed by atoms with E-state index in [9.17, 15) is 0 Å². The summed E-state index contributed by atoms with van der Waals surface area (Å²) in [4.78, 5) is 4.42. The standard InChI is InChI=1S/C11H12BrNO2/c1-6(2)11-13-9-8(14-3)5-4-7(12)10(9)15-11/h4-6H,1-3H3. The molecule has 0 unspecified atom stereocenters. The molecule has 1 aromatic carbocycles. The van der Waals surface area contributed by atoms with Crippen LogP contribution in [0.4, 0.5) is 0 Å². The lowest BCUT2D eigenvalue weighted by atomic mass is 10.2. The molecule has 2 rings (SSSR count). The zero-order chi connectivity index (χ0) is 11.0. The zero-order valence-electron chi connectivity index (χ0n) is 8.87. The Labute approximate surface area is 96.6 Å². The van der Waals surface area contributed by atoms with Gasteiger partial charge in [0.05, 0.1) is 11.6 Å². The normalized spacial score (nSPS) is 11.3. The highest BCUT2D eigenvalue weighted by molar-refractivity contribution is 9.10. The maximum absolute atomic E-state index is 5.66. The van der Waals surface area contributed by atoms with Crippen molar-refractivity contribution in [1.82, 2.24) is 4.98 Å². The van der Waals surface area contributed by atoms with Crippen molar-refractivity contribution in [3.05, 3.63) is 22.5 Å². The Morgan fingerprint density at radius 1 is 1.40 bits per heavy atom. The van der Waals surface area contributed by atoms with Crippen LogP contribution in [0.15, 0.2) is 21.0 Å². The summed E-state index contributed by atoms with van der Waals surface area (Å²) in [5, 5.41) is 0. The summed E-state index contributed by atoms with van der Waals surface area (Å²) in [6.07, 6.45) is 0. The van der Waals surface area contributed by atoms with Gasteiger partial charge in [0.15, 0.2) is 17.0 Å². The van der Waals surface area contributed by atoms with Gasteiger partial charge in [0, 0.05) is 5.92 Å². The van der Waals surface area contributed by atoms with Crippen LogP contribution in [0.2, 0.25) is 0 Å². The molecule has 0 aliphatic rings. The van der Waals surface area contributed by atoms with Crippen molar-refractivity contribution in [3.63, 3.8) is 0 Å². The number of fused-ring (bicyclic) bond motifs is 1. The molecule has 0 atom stereocenters.